The highest BCUT2D eigenvalue weighted by molar-refractivity contribution is 5.86. The van der Waals surface area contributed by atoms with E-state index in [2.05, 4.69) is 9.97 Å². The molecule has 0 aromatic carbocycles. The summed E-state index contributed by atoms with van der Waals surface area (Å²) in [5.74, 6) is -0.974. The van der Waals surface area contributed by atoms with Crippen molar-refractivity contribution in [1.29, 1.82) is 0 Å². The first-order valence-corrected chi connectivity index (χ1v) is 3.01. The topological polar surface area (TPSA) is 66.0 Å². The summed E-state index contributed by atoms with van der Waals surface area (Å²) in [5, 5.41) is 8.50. The first-order chi connectivity index (χ1) is 4.75. The van der Waals surface area contributed by atoms with Gasteiger partial charge in [-0.25, -0.2) is 9.78 Å². The lowest BCUT2D eigenvalue weighted by Crippen LogP contribution is -2.00. The van der Waals surface area contributed by atoms with Gasteiger partial charge >= 0.3 is 5.97 Å². The molecule has 1 rings (SSSR count). The molecule has 0 aliphatic rings. The molecule has 1 aromatic heterocycles. The number of carboxylic acid groups (broad SMARTS) is 1. The van der Waals surface area contributed by atoms with E-state index < -0.39 is 5.97 Å². The smallest absolute Gasteiger partial charge is 0.356 e. The third kappa shape index (κ3) is 1.00. The SMILES string of the molecule is CCc1[nH]cnc1C(=O)O. The third-order valence-electron chi connectivity index (χ3n) is 1.27. The van der Waals surface area contributed by atoms with Crippen LogP contribution in [0.25, 0.3) is 0 Å². The number of aromatic amines is 1. The number of aromatic carboxylic acids is 1. The van der Waals surface area contributed by atoms with Gasteiger partial charge in [-0.2, -0.15) is 0 Å². The molecule has 0 fully saturated rings. The van der Waals surface area contributed by atoms with Crippen LogP contribution in [0.1, 0.15) is 23.1 Å². The fourth-order valence-corrected chi connectivity index (χ4v) is 0.775. The normalized spacial score (nSPS) is 9.70. The highest BCUT2D eigenvalue weighted by Crippen LogP contribution is 2.01. The van der Waals surface area contributed by atoms with E-state index in [4.69, 9.17) is 5.11 Å². The second kappa shape index (κ2) is 2.51. The Morgan fingerprint density at radius 2 is 2.60 bits per heavy atom. The number of nitrogens with zero attached hydrogens (tertiary/aromatic N) is 1. The van der Waals surface area contributed by atoms with E-state index in [1.165, 1.54) is 6.33 Å². The van der Waals surface area contributed by atoms with Crippen LogP contribution in [0.4, 0.5) is 0 Å². The van der Waals surface area contributed by atoms with E-state index in [1.807, 2.05) is 6.92 Å². The lowest BCUT2D eigenvalue weighted by molar-refractivity contribution is 0.0690. The zero-order valence-corrected chi connectivity index (χ0v) is 5.59. The van der Waals surface area contributed by atoms with Gasteiger partial charge in [-0.3, -0.25) is 0 Å². The minimum Gasteiger partial charge on any atom is -0.476 e. The number of rotatable bonds is 2. The summed E-state index contributed by atoms with van der Waals surface area (Å²) in [6.07, 6.45) is 2.06. The Kier molecular flexibility index (Phi) is 1.71. The minimum atomic E-state index is -0.974. The second-order valence-corrected chi connectivity index (χ2v) is 1.89. The fraction of sp³-hybridized carbons (Fsp3) is 0.333. The van der Waals surface area contributed by atoms with E-state index in [0.717, 1.165) is 0 Å². The third-order valence-corrected chi connectivity index (χ3v) is 1.27. The molecule has 10 heavy (non-hydrogen) atoms. The molecule has 0 radical (unpaired) electrons. The minimum absolute atomic E-state index is 0.127. The van der Waals surface area contributed by atoms with Gasteiger partial charge in [0.15, 0.2) is 5.69 Å². The van der Waals surface area contributed by atoms with E-state index in [1.54, 1.807) is 0 Å². The van der Waals surface area contributed by atoms with E-state index >= 15 is 0 Å². The molecule has 0 aliphatic heterocycles. The molecule has 0 saturated heterocycles. The Morgan fingerprint density at radius 3 is 3.00 bits per heavy atom. The predicted octanol–water partition coefficient (Wildman–Crippen LogP) is 0.670. The summed E-state index contributed by atoms with van der Waals surface area (Å²) in [7, 11) is 0. The molecule has 2 N–H and O–H groups in total. The van der Waals surface area contributed by atoms with Crippen molar-refractivity contribution in [3.63, 3.8) is 0 Å². The summed E-state index contributed by atoms with van der Waals surface area (Å²) in [4.78, 5) is 16.7. The number of carboxylic acids is 1. The number of hydrogen-bond donors (Lipinski definition) is 2. The molecule has 0 unspecified atom stereocenters. The number of hydrogen-bond acceptors (Lipinski definition) is 2. The maximum Gasteiger partial charge on any atom is 0.356 e. The van der Waals surface area contributed by atoms with Crippen LogP contribution in [0, 0.1) is 0 Å². The number of imidazole rings is 1. The number of carbonyl (C=O) groups is 1. The molecule has 0 aliphatic carbocycles. The first kappa shape index (κ1) is 6.80. The molecule has 0 atom stereocenters. The summed E-state index contributed by atoms with van der Waals surface area (Å²) >= 11 is 0. The fourth-order valence-electron chi connectivity index (χ4n) is 0.775. The molecule has 0 amide bonds. The van der Waals surface area contributed by atoms with E-state index in [9.17, 15) is 4.79 Å². The summed E-state index contributed by atoms with van der Waals surface area (Å²) in [6, 6.07) is 0. The van der Waals surface area contributed by atoms with Crippen molar-refractivity contribution >= 4 is 5.97 Å². The molecule has 0 saturated carbocycles. The summed E-state index contributed by atoms with van der Waals surface area (Å²) in [5.41, 5.74) is 0.801. The van der Waals surface area contributed by atoms with Gasteiger partial charge in [-0.05, 0) is 6.42 Å². The molecule has 54 valence electrons. The number of aryl methyl sites for hydroxylation is 1. The highest BCUT2D eigenvalue weighted by atomic mass is 16.4. The largest absolute Gasteiger partial charge is 0.476 e. The van der Waals surface area contributed by atoms with Crippen LogP contribution in [-0.2, 0) is 6.42 Å². The van der Waals surface area contributed by atoms with Gasteiger partial charge in [0, 0.05) is 5.69 Å². The van der Waals surface area contributed by atoms with Crippen molar-refractivity contribution in [2.24, 2.45) is 0 Å². The maximum atomic E-state index is 10.4. The zero-order chi connectivity index (χ0) is 7.56. The molecule has 0 bridgehead atoms. The standard InChI is InChI=1S/C6H8N2O2/c1-2-4-5(6(9)10)8-3-7-4/h3H,2H2,1H3,(H,7,8)(H,9,10). The maximum absolute atomic E-state index is 10.4. The van der Waals surface area contributed by atoms with Gasteiger partial charge in [0.05, 0.1) is 6.33 Å². The van der Waals surface area contributed by atoms with Crippen LogP contribution >= 0.6 is 0 Å². The van der Waals surface area contributed by atoms with Crippen molar-refractivity contribution < 1.29 is 9.90 Å². The van der Waals surface area contributed by atoms with Crippen molar-refractivity contribution in [2.75, 3.05) is 0 Å². The summed E-state index contributed by atoms with van der Waals surface area (Å²) < 4.78 is 0. The molecule has 1 aromatic rings. The lowest BCUT2D eigenvalue weighted by Gasteiger charge is -1.90. The Hall–Kier alpha value is -1.32. The van der Waals surface area contributed by atoms with Crippen LogP contribution in [0.15, 0.2) is 6.33 Å². The second-order valence-electron chi connectivity index (χ2n) is 1.89. The Balaban J connectivity index is 3.01. The van der Waals surface area contributed by atoms with Crippen molar-refractivity contribution in [1.82, 2.24) is 9.97 Å². The number of aromatic nitrogens is 2. The Bertz CT molecular complexity index is 242. The zero-order valence-electron chi connectivity index (χ0n) is 5.59. The number of nitrogens with one attached hydrogen (secondary N) is 1. The quantitative estimate of drug-likeness (QED) is 0.634. The molecular weight excluding hydrogens is 132 g/mol. The van der Waals surface area contributed by atoms with Gasteiger partial charge in [0.1, 0.15) is 0 Å². The molecule has 4 nitrogen and oxygen atoms in total. The molecule has 4 heteroatoms. The average Bonchev–Trinajstić information content (AvgIpc) is 2.33. The van der Waals surface area contributed by atoms with Gasteiger partial charge in [-0.1, -0.05) is 6.92 Å². The first-order valence-electron chi connectivity index (χ1n) is 3.01. The number of H-pyrrole nitrogens is 1. The van der Waals surface area contributed by atoms with Crippen LogP contribution in [0.3, 0.4) is 0 Å². The van der Waals surface area contributed by atoms with Gasteiger partial charge in [-0.15, -0.1) is 0 Å². The van der Waals surface area contributed by atoms with Gasteiger partial charge in [0.25, 0.3) is 0 Å². The van der Waals surface area contributed by atoms with Crippen molar-refractivity contribution in [3.8, 4) is 0 Å². The summed E-state index contributed by atoms with van der Waals surface area (Å²) in [6.45, 7) is 1.87. The Labute approximate surface area is 57.9 Å². The Morgan fingerprint density at radius 1 is 1.90 bits per heavy atom. The van der Waals surface area contributed by atoms with Crippen LogP contribution in [0.2, 0.25) is 0 Å². The molecule has 1 heterocycles. The lowest BCUT2D eigenvalue weighted by atomic mass is 10.3. The average molecular weight is 140 g/mol. The molecular formula is C6H8N2O2. The molecule has 0 spiro atoms. The van der Waals surface area contributed by atoms with Crippen LogP contribution in [0.5, 0.6) is 0 Å². The van der Waals surface area contributed by atoms with E-state index in [-0.39, 0.29) is 5.69 Å². The van der Waals surface area contributed by atoms with Gasteiger partial charge in [0.2, 0.25) is 0 Å². The van der Waals surface area contributed by atoms with Crippen LogP contribution < -0.4 is 0 Å². The van der Waals surface area contributed by atoms with Gasteiger partial charge < -0.3 is 10.1 Å². The van der Waals surface area contributed by atoms with Crippen LogP contribution in [-0.4, -0.2) is 21.0 Å². The predicted molar refractivity (Wildman–Crippen MR) is 34.9 cm³/mol. The highest BCUT2D eigenvalue weighted by Gasteiger charge is 2.09. The van der Waals surface area contributed by atoms with Crippen molar-refractivity contribution in [3.05, 3.63) is 17.7 Å². The van der Waals surface area contributed by atoms with Crippen molar-refractivity contribution in [2.45, 2.75) is 13.3 Å². The monoisotopic (exact) mass is 140 g/mol. The van der Waals surface area contributed by atoms with E-state index in [0.29, 0.717) is 12.1 Å².